The third-order valence-electron chi connectivity index (χ3n) is 3.46. The summed E-state index contributed by atoms with van der Waals surface area (Å²) in [7, 11) is 0. The van der Waals surface area contributed by atoms with Gasteiger partial charge in [-0.05, 0) is 25.5 Å². The van der Waals surface area contributed by atoms with Crippen molar-refractivity contribution in [3.05, 3.63) is 40.6 Å². The van der Waals surface area contributed by atoms with Crippen molar-refractivity contribution in [1.29, 1.82) is 0 Å². The zero-order chi connectivity index (χ0) is 17.6. The van der Waals surface area contributed by atoms with Crippen molar-refractivity contribution in [2.24, 2.45) is 0 Å². The van der Waals surface area contributed by atoms with Crippen LogP contribution in [0.5, 0.6) is 0 Å². The van der Waals surface area contributed by atoms with E-state index in [0.717, 1.165) is 40.2 Å². The Balaban J connectivity index is 1.69. The number of thioether (sulfide) groups is 1. The second-order valence-corrected chi connectivity index (χ2v) is 7.47. The van der Waals surface area contributed by atoms with E-state index in [0.29, 0.717) is 12.2 Å². The molecule has 0 radical (unpaired) electrons. The average Bonchev–Trinajstić information content (AvgIpc) is 3.20. The van der Waals surface area contributed by atoms with Crippen LogP contribution >= 0.6 is 23.1 Å². The maximum absolute atomic E-state index is 12.2. The molecule has 0 fully saturated rings. The van der Waals surface area contributed by atoms with Crippen molar-refractivity contribution in [3.8, 4) is 11.4 Å². The van der Waals surface area contributed by atoms with Crippen LogP contribution in [0.3, 0.4) is 0 Å². The molecule has 3 rings (SSSR count). The molecule has 0 bridgehead atoms. The van der Waals surface area contributed by atoms with Crippen LogP contribution in [-0.4, -0.2) is 36.3 Å². The Bertz CT molecular complexity index is 844. The largest absolute Gasteiger partial charge is 0.302 e. The fourth-order valence-electron chi connectivity index (χ4n) is 2.38. The molecule has 3 heterocycles. The van der Waals surface area contributed by atoms with Crippen LogP contribution < -0.4 is 0 Å². The van der Waals surface area contributed by atoms with Gasteiger partial charge in [-0.3, -0.25) is 9.78 Å². The van der Waals surface area contributed by atoms with Crippen molar-refractivity contribution in [1.82, 2.24) is 24.7 Å². The number of hydrogen-bond acceptors (Lipinski definition) is 7. The molecule has 3 aromatic rings. The molecule has 25 heavy (non-hydrogen) atoms. The number of hydrogen-bond donors (Lipinski definition) is 0. The molecule has 8 heteroatoms. The Morgan fingerprint density at radius 1 is 1.36 bits per heavy atom. The Hall–Kier alpha value is -2.06. The Morgan fingerprint density at radius 3 is 2.92 bits per heavy atom. The van der Waals surface area contributed by atoms with E-state index in [9.17, 15) is 4.79 Å². The number of aromatic nitrogens is 5. The lowest BCUT2D eigenvalue weighted by molar-refractivity contribution is -0.116. The summed E-state index contributed by atoms with van der Waals surface area (Å²) in [5, 5.41) is 12.2. The first-order valence-corrected chi connectivity index (χ1v) is 9.93. The number of nitrogens with zero attached hydrogens (tertiary/aromatic N) is 5. The van der Waals surface area contributed by atoms with Gasteiger partial charge in [0.1, 0.15) is 10.8 Å². The predicted molar refractivity (Wildman–Crippen MR) is 99.8 cm³/mol. The molecule has 130 valence electrons. The summed E-state index contributed by atoms with van der Waals surface area (Å²) in [4.78, 5) is 20.7. The number of carbonyl (C=O) groups is 1. The van der Waals surface area contributed by atoms with Crippen molar-refractivity contribution in [2.75, 3.05) is 5.75 Å². The summed E-state index contributed by atoms with van der Waals surface area (Å²) in [6, 6.07) is 3.85. The molecule has 0 aliphatic heterocycles. The molecule has 0 aliphatic rings. The molecule has 0 N–H and O–H groups in total. The second-order valence-electron chi connectivity index (χ2n) is 5.59. The maximum Gasteiger partial charge on any atom is 0.191 e. The standard InChI is InChI=1S/C17H19N5OS2/c1-3-7-22-16(13-5-4-6-18-9-13)20-21-17(22)25-11-14(23)8-15-19-12(2)10-24-15/h4-6,9-10H,3,7-8,11H2,1-2H3. The summed E-state index contributed by atoms with van der Waals surface area (Å²) in [6.07, 6.45) is 4.85. The first kappa shape index (κ1) is 17.8. The van der Waals surface area contributed by atoms with Gasteiger partial charge in [0.15, 0.2) is 11.0 Å². The van der Waals surface area contributed by atoms with Crippen LogP contribution in [-0.2, 0) is 17.8 Å². The van der Waals surface area contributed by atoms with Gasteiger partial charge in [-0.25, -0.2) is 4.98 Å². The molecule has 0 spiro atoms. The first-order valence-electron chi connectivity index (χ1n) is 8.06. The minimum absolute atomic E-state index is 0.147. The highest BCUT2D eigenvalue weighted by Crippen LogP contribution is 2.24. The molecular weight excluding hydrogens is 354 g/mol. The fraction of sp³-hybridized carbons (Fsp3) is 0.353. The summed E-state index contributed by atoms with van der Waals surface area (Å²) >= 11 is 2.96. The molecule has 0 aromatic carbocycles. The molecule has 0 amide bonds. The SMILES string of the molecule is CCCn1c(SCC(=O)Cc2nc(C)cs2)nnc1-c1cccnc1. The topological polar surface area (TPSA) is 73.6 Å². The number of thiazole rings is 1. The van der Waals surface area contributed by atoms with E-state index in [2.05, 4.69) is 31.7 Å². The van der Waals surface area contributed by atoms with Gasteiger partial charge in [0.25, 0.3) is 0 Å². The summed E-state index contributed by atoms with van der Waals surface area (Å²) in [6.45, 7) is 4.85. The number of ketones is 1. The highest BCUT2D eigenvalue weighted by molar-refractivity contribution is 7.99. The van der Waals surface area contributed by atoms with E-state index in [1.165, 1.54) is 23.1 Å². The lowest BCUT2D eigenvalue weighted by Gasteiger charge is -2.08. The molecule has 3 aromatic heterocycles. The van der Waals surface area contributed by atoms with E-state index in [1.807, 2.05) is 24.4 Å². The van der Waals surface area contributed by atoms with Crippen LogP contribution in [0.2, 0.25) is 0 Å². The van der Waals surface area contributed by atoms with E-state index in [1.54, 1.807) is 12.4 Å². The number of aryl methyl sites for hydroxylation is 1. The minimum Gasteiger partial charge on any atom is -0.302 e. The molecule has 0 aliphatic carbocycles. The van der Waals surface area contributed by atoms with Crippen molar-refractivity contribution in [2.45, 2.75) is 38.4 Å². The van der Waals surface area contributed by atoms with Gasteiger partial charge in [-0.1, -0.05) is 18.7 Å². The smallest absolute Gasteiger partial charge is 0.191 e. The van der Waals surface area contributed by atoms with Crippen LogP contribution in [0.15, 0.2) is 35.1 Å². The van der Waals surface area contributed by atoms with Gasteiger partial charge in [0, 0.05) is 35.6 Å². The van der Waals surface area contributed by atoms with Gasteiger partial charge >= 0.3 is 0 Å². The number of carbonyl (C=O) groups excluding carboxylic acids is 1. The summed E-state index contributed by atoms with van der Waals surface area (Å²) < 4.78 is 2.06. The Morgan fingerprint density at radius 2 is 2.24 bits per heavy atom. The highest BCUT2D eigenvalue weighted by Gasteiger charge is 2.16. The lowest BCUT2D eigenvalue weighted by Crippen LogP contribution is -2.08. The normalized spacial score (nSPS) is 11.0. The Labute approximate surface area is 154 Å². The molecule has 0 saturated carbocycles. The van der Waals surface area contributed by atoms with E-state index in [4.69, 9.17) is 0 Å². The van der Waals surface area contributed by atoms with Crippen LogP contribution in [0.25, 0.3) is 11.4 Å². The van der Waals surface area contributed by atoms with Gasteiger partial charge in [-0.2, -0.15) is 0 Å². The molecule has 6 nitrogen and oxygen atoms in total. The first-order chi connectivity index (χ1) is 12.2. The van der Waals surface area contributed by atoms with Gasteiger partial charge < -0.3 is 4.57 Å². The maximum atomic E-state index is 12.2. The van der Waals surface area contributed by atoms with Crippen LogP contribution in [0.1, 0.15) is 24.0 Å². The zero-order valence-electron chi connectivity index (χ0n) is 14.2. The third-order valence-corrected chi connectivity index (χ3v) is 5.45. The monoisotopic (exact) mass is 373 g/mol. The predicted octanol–water partition coefficient (Wildman–Crippen LogP) is 3.42. The van der Waals surface area contributed by atoms with E-state index >= 15 is 0 Å². The second kappa shape index (κ2) is 8.35. The van der Waals surface area contributed by atoms with Gasteiger partial charge in [-0.15, -0.1) is 21.5 Å². The number of Topliss-reactive ketones (excluding diaryl/α,β-unsaturated/α-hetero) is 1. The minimum atomic E-state index is 0.147. The summed E-state index contributed by atoms with van der Waals surface area (Å²) in [5.41, 5.74) is 1.89. The lowest BCUT2D eigenvalue weighted by atomic mass is 10.2. The fourth-order valence-corrected chi connectivity index (χ4v) is 4.00. The van der Waals surface area contributed by atoms with Crippen LogP contribution in [0.4, 0.5) is 0 Å². The molecule has 0 atom stereocenters. The molecule has 0 saturated heterocycles. The van der Waals surface area contributed by atoms with E-state index < -0.39 is 0 Å². The average molecular weight is 374 g/mol. The highest BCUT2D eigenvalue weighted by atomic mass is 32.2. The van der Waals surface area contributed by atoms with E-state index in [-0.39, 0.29) is 5.78 Å². The Kier molecular flexibility index (Phi) is 5.93. The third kappa shape index (κ3) is 4.52. The molecular formula is C17H19N5OS2. The zero-order valence-corrected chi connectivity index (χ0v) is 15.8. The summed E-state index contributed by atoms with van der Waals surface area (Å²) in [5.74, 6) is 1.31. The van der Waals surface area contributed by atoms with Crippen molar-refractivity contribution >= 4 is 28.9 Å². The quantitative estimate of drug-likeness (QED) is 0.563. The number of rotatable bonds is 8. The number of pyridine rings is 1. The van der Waals surface area contributed by atoms with Crippen molar-refractivity contribution < 1.29 is 4.79 Å². The van der Waals surface area contributed by atoms with Gasteiger partial charge in [0.05, 0.1) is 12.2 Å². The van der Waals surface area contributed by atoms with Gasteiger partial charge in [0.2, 0.25) is 0 Å². The molecule has 0 unspecified atom stereocenters. The van der Waals surface area contributed by atoms with Crippen molar-refractivity contribution in [3.63, 3.8) is 0 Å². The van der Waals surface area contributed by atoms with Crippen LogP contribution in [0, 0.1) is 6.92 Å².